The molecule has 4 aliphatic carbocycles. The molecule has 4 bridgehead atoms. The number of carbonyl (C=O) groups excluding carboxylic acids is 2. The third kappa shape index (κ3) is 4.60. The van der Waals surface area contributed by atoms with Crippen molar-refractivity contribution < 1.29 is 23.8 Å². The van der Waals surface area contributed by atoms with Gasteiger partial charge in [0.15, 0.2) is 12.6 Å². The Morgan fingerprint density at radius 1 is 0.879 bits per heavy atom. The highest BCUT2D eigenvalue weighted by molar-refractivity contribution is 6.02. The van der Waals surface area contributed by atoms with Crippen LogP contribution in [0.15, 0.2) is 60.7 Å². The van der Waals surface area contributed by atoms with Crippen molar-refractivity contribution in [3.05, 3.63) is 71.8 Å². The third-order valence-electron chi connectivity index (χ3n) is 7.52. The second-order valence-electron chi connectivity index (χ2n) is 9.90. The highest BCUT2D eigenvalue weighted by atomic mass is 16.7. The van der Waals surface area contributed by atoms with Gasteiger partial charge in [-0.05, 0) is 92.7 Å². The van der Waals surface area contributed by atoms with Crippen LogP contribution < -0.4 is 4.74 Å². The smallest absolute Gasteiger partial charge is 0.343 e. The van der Waals surface area contributed by atoms with Crippen LogP contribution in [0.1, 0.15) is 54.4 Å². The second kappa shape index (κ2) is 9.14. The summed E-state index contributed by atoms with van der Waals surface area (Å²) in [6.07, 6.45) is 8.31. The Balaban J connectivity index is 1.43. The van der Waals surface area contributed by atoms with E-state index in [0.29, 0.717) is 40.4 Å². The van der Waals surface area contributed by atoms with E-state index in [-0.39, 0.29) is 18.0 Å². The predicted molar refractivity (Wildman–Crippen MR) is 124 cm³/mol. The molecule has 0 spiro atoms. The van der Waals surface area contributed by atoms with Gasteiger partial charge in [-0.3, -0.25) is 4.79 Å². The normalized spacial score (nSPS) is 27.9. The zero-order valence-corrected chi connectivity index (χ0v) is 19.0. The zero-order chi connectivity index (χ0) is 22.8. The molecule has 5 nitrogen and oxygen atoms in total. The first-order chi connectivity index (χ1) is 16.0. The van der Waals surface area contributed by atoms with Gasteiger partial charge in [-0.1, -0.05) is 18.2 Å². The van der Waals surface area contributed by atoms with Crippen LogP contribution in [0, 0.1) is 23.2 Å². The van der Waals surface area contributed by atoms with E-state index < -0.39 is 5.97 Å². The molecule has 33 heavy (non-hydrogen) atoms. The Hall–Kier alpha value is -2.92. The van der Waals surface area contributed by atoms with Gasteiger partial charge >= 0.3 is 5.97 Å². The number of rotatable bonds is 8. The summed E-state index contributed by atoms with van der Waals surface area (Å²) in [7, 11) is 1.56. The molecule has 0 atom stereocenters. The van der Waals surface area contributed by atoms with Crippen LogP contribution >= 0.6 is 0 Å². The van der Waals surface area contributed by atoms with E-state index in [4.69, 9.17) is 14.2 Å². The Kier molecular flexibility index (Phi) is 6.07. The third-order valence-corrected chi connectivity index (χ3v) is 7.52. The fourth-order valence-corrected chi connectivity index (χ4v) is 6.43. The molecule has 4 fully saturated rings. The van der Waals surface area contributed by atoms with Crippen molar-refractivity contribution in [3.63, 3.8) is 0 Å². The molecule has 6 rings (SSSR count). The SMILES string of the molecule is COCOc1ccc(C(=CC(=O)C23CC4CC(CC(C4)C2)C3)OC(=O)c2ccccc2)cc1. The lowest BCUT2D eigenvalue weighted by molar-refractivity contribution is -0.138. The number of methoxy groups -OCH3 is 1. The number of benzene rings is 2. The van der Waals surface area contributed by atoms with Gasteiger partial charge in [0.2, 0.25) is 0 Å². The van der Waals surface area contributed by atoms with Gasteiger partial charge in [-0.25, -0.2) is 4.79 Å². The Morgan fingerprint density at radius 3 is 2.06 bits per heavy atom. The van der Waals surface area contributed by atoms with Crippen LogP contribution in [0.2, 0.25) is 0 Å². The molecule has 0 N–H and O–H groups in total. The molecule has 0 aromatic heterocycles. The Morgan fingerprint density at radius 2 is 1.48 bits per heavy atom. The van der Waals surface area contributed by atoms with E-state index in [1.165, 1.54) is 19.3 Å². The van der Waals surface area contributed by atoms with Crippen LogP contribution in [0.3, 0.4) is 0 Å². The van der Waals surface area contributed by atoms with Crippen molar-refractivity contribution in [2.75, 3.05) is 13.9 Å². The van der Waals surface area contributed by atoms with Crippen LogP contribution in [-0.2, 0) is 14.3 Å². The second-order valence-corrected chi connectivity index (χ2v) is 9.90. The molecule has 4 aliphatic rings. The molecule has 0 radical (unpaired) electrons. The molecular weight excluding hydrogens is 416 g/mol. The topological polar surface area (TPSA) is 61.8 Å². The molecule has 0 unspecified atom stereocenters. The predicted octanol–water partition coefficient (Wildman–Crippen LogP) is 5.65. The first-order valence-electron chi connectivity index (χ1n) is 11.8. The minimum absolute atomic E-state index is 0.108. The first kappa shape index (κ1) is 21.9. The maximum absolute atomic E-state index is 13.7. The monoisotopic (exact) mass is 446 g/mol. The summed E-state index contributed by atoms with van der Waals surface area (Å²) in [5, 5.41) is 0. The van der Waals surface area contributed by atoms with E-state index in [1.807, 2.05) is 18.2 Å². The summed E-state index contributed by atoms with van der Waals surface area (Å²) >= 11 is 0. The number of ketones is 1. The van der Waals surface area contributed by atoms with Crippen molar-refractivity contribution in [1.82, 2.24) is 0 Å². The van der Waals surface area contributed by atoms with Crippen LogP contribution in [-0.4, -0.2) is 25.7 Å². The molecule has 0 heterocycles. The summed E-state index contributed by atoms with van der Waals surface area (Å²) in [5.41, 5.74) is 0.827. The molecular formula is C28H30O5. The summed E-state index contributed by atoms with van der Waals surface area (Å²) in [4.78, 5) is 26.5. The average molecular weight is 447 g/mol. The molecule has 2 aromatic carbocycles. The lowest BCUT2D eigenvalue weighted by atomic mass is 9.48. The lowest BCUT2D eigenvalue weighted by Crippen LogP contribution is -2.49. The van der Waals surface area contributed by atoms with Crippen LogP contribution in [0.4, 0.5) is 0 Å². The lowest BCUT2D eigenvalue weighted by Gasteiger charge is -2.55. The maximum Gasteiger partial charge on any atom is 0.343 e. The van der Waals surface area contributed by atoms with Gasteiger partial charge in [-0.15, -0.1) is 0 Å². The fraction of sp³-hybridized carbons (Fsp3) is 0.429. The van der Waals surface area contributed by atoms with Crippen molar-refractivity contribution in [2.24, 2.45) is 23.2 Å². The number of carbonyl (C=O) groups is 2. The first-order valence-corrected chi connectivity index (χ1v) is 11.8. The number of allylic oxidation sites excluding steroid dienone is 1. The Labute approximate surface area is 194 Å². The molecule has 0 aliphatic heterocycles. The minimum atomic E-state index is -0.472. The van der Waals surface area contributed by atoms with Gasteiger partial charge < -0.3 is 14.2 Å². The highest BCUT2D eigenvalue weighted by Crippen LogP contribution is 2.60. The summed E-state index contributed by atoms with van der Waals surface area (Å²) in [6, 6.07) is 16.0. The average Bonchev–Trinajstić information content (AvgIpc) is 2.82. The molecule has 172 valence electrons. The van der Waals surface area contributed by atoms with E-state index in [9.17, 15) is 9.59 Å². The van der Waals surface area contributed by atoms with Crippen molar-refractivity contribution in [2.45, 2.75) is 38.5 Å². The number of esters is 1. The van der Waals surface area contributed by atoms with Gasteiger partial charge in [0.1, 0.15) is 11.5 Å². The fourth-order valence-electron chi connectivity index (χ4n) is 6.43. The van der Waals surface area contributed by atoms with Gasteiger partial charge in [0, 0.05) is 24.2 Å². The zero-order valence-electron chi connectivity index (χ0n) is 19.0. The number of ether oxygens (including phenoxy) is 3. The summed E-state index contributed by atoms with van der Waals surface area (Å²) in [5.74, 6) is 2.57. The quantitative estimate of drug-likeness (QED) is 0.227. The minimum Gasteiger partial charge on any atom is -0.468 e. The summed E-state index contributed by atoms with van der Waals surface area (Å²) in [6.45, 7) is 0.148. The van der Waals surface area contributed by atoms with E-state index >= 15 is 0 Å². The van der Waals surface area contributed by atoms with Crippen molar-refractivity contribution in [1.29, 1.82) is 0 Å². The molecule has 2 aromatic rings. The largest absolute Gasteiger partial charge is 0.468 e. The van der Waals surface area contributed by atoms with Gasteiger partial charge in [0.25, 0.3) is 0 Å². The molecule has 5 heteroatoms. The maximum atomic E-state index is 13.7. The van der Waals surface area contributed by atoms with Crippen LogP contribution in [0.5, 0.6) is 5.75 Å². The number of hydrogen-bond donors (Lipinski definition) is 0. The highest BCUT2D eigenvalue weighted by Gasteiger charge is 2.53. The van der Waals surface area contributed by atoms with E-state index in [0.717, 1.165) is 19.3 Å². The molecule has 0 amide bonds. The van der Waals surface area contributed by atoms with Gasteiger partial charge in [-0.2, -0.15) is 0 Å². The van der Waals surface area contributed by atoms with Crippen molar-refractivity contribution in [3.8, 4) is 5.75 Å². The van der Waals surface area contributed by atoms with E-state index in [1.54, 1.807) is 49.6 Å². The molecule has 4 saturated carbocycles. The van der Waals surface area contributed by atoms with Gasteiger partial charge in [0.05, 0.1) is 5.56 Å². The summed E-state index contributed by atoms with van der Waals surface area (Å²) < 4.78 is 16.2. The van der Waals surface area contributed by atoms with Crippen LogP contribution in [0.25, 0.3) is 5.76 Å². The molecule has 0 saturated heterocycles. The Bertz CT molecular complexity index is 1000. The van der Waals surface area contributed by atoms with Crippen molar-refractivity contribution >= 4 is 17.5 Å². The number of hydrogen-bond acceptors (Lipinski definition) is 5. The standard InChI is InChI=1S/C28H30O5/c1-31-18-32-24-9-7-22(8-10-24)25(33-27(30)23-5-3-2-4-6-23)14-26(29)28-15-19-11-20(16-28)13-21(12-19)17-28/h2-10,14,19-21H,11-13,15-18H2,1H3. The van der Waals surface area contributed by atoms with E-state index in [2.05, 4.69) is 0 Å².